The fourth-order valence-electron chi connectivity index (χ4n) is 2.75. The highest BCUT2D eigenvalue weighted by molar-refractivity contribution is 9.10. The molecule has 1 fully saturated rings. The smallest absolute Gasteiger partial charge is 0.143 e. The topological polar surface area (TPSA) is 21.3 Å². The van der Waals surface area contributed by atoms with Gasteiger partial charge in [-0.25, -0.2) is 8.78 Å². The maximum absolute atomic E-state index is 14.2. The van der Waals surface area contributed by atoms with Crippen LogP contribution < -0.4 is 5.32 Å². The molecule has 1 aliphatic heterocycles. The Kier molecular flexibility index (Phi) is 5.52. The van der Waals surface area contributed by atoms with Gasteiger partial charge in [-0.3, -0.25) is 0 Å². The molecule has 1 atom stereocenters. The van der Waals surface area contributed by atoms with Crippen molar-refractivity contribution >= 4 is 15.9 Å². The van der Waals surface area contributed by atoms with Gasteiger partial charge in [-0.2, -0.15) is 0 Å². The van der Waals surface area contributed by atoms with E-state index in [0.717, 1.165) is 32.5 Å². The number of hydrogen-bond acceptors (Lipinski definition) is 2. The number of halogens is 3. The van der Waals surface area contributed by atoms with Gasteiger partial charge in [-0.05, 0) is 53.9 Å². The van der Waals surface area contributed by atoms with Gasteiger partial charge in [0.1, 0.15) is 11.6 Å². The third kappa shape index (κ3) is 3.57. The van der Waals surface area contributed by atoms with E-state index in [1.165, 1.54) is 12.1 Å². The molecule has 1 N–H and O–H groups in total. The van der Waals surface area contributed by atoms with Gasteiger partial charge in [0.15, 0.2) is 0 Å². The van der Waals surface area contributed by atoms with Crippen LogP contribution in [0.4, 0.5) is 8.78 Å². The van der Waals surface area contributed by atoms with Gasteiger partial charge in [-0.15, -0.1) is 0 Å². The molecule has 1 unspecified atom stereocenters. The first-order valence-corrected chi connectivity index (χ1v) is 7.78. The minimum atomic E-state index is -0.494. The number of ether oxygens (including phenoxy) is 1. The zero-order chi connectivity index (χ0) is 14.6. The Balaban J connectivity index is 2.25. The van der Waals surface area contributed by atoms with Crippen molar-refractivity contribution in [2.75, 3.05) is 26.3 Å². The number of rotatable bonds is 5. The first kappa shape index (κ1) is 15.9. The van der Waals surface area contributed by atoms with Crippen molar-refractivity contribution in [1.29, 1.82) is 0 Å². The quantitative estimate of drug-likeness (QED) is 0.820. The van der Waals surface area contributed by atoms with E-state index in [2.05, 4.69) is 21.2 Å². The van der Waals surface area contributed by atoms with Crippen molar-refractivity contribution in [3.63, 3.8) is 0 Å². The average molecular weight is 348 g/mol. The second kappa shape index (κ2) is 6.96. The lowest BCUT2D eigenvalue weighted by molar-refractivity contribution is -0.00771. The molecular formula is C15H20BrF2NO. The van der Waals surface area contributed by atoms with Crippen LogP contribution in [0.2, 0.25) is 0 Å². The maximum atomic E-state index is 14.2. The van der Waals surface area contributed by atoms with Gasteiger partial charge in [-0.1, -0.05) is 6.92 Å². The molecule has 20 heavy (non-hydrogen) atoms. The van der Waals surface area contributed by atoms with E-state index >= 15 is 0 Å². The summed E-state index contributed by atoms with van der Waals surface area (Å²) >= 11 is 3.13. The van der Waals surface area contributed by atoms with Crippen molar-refractivity contribution in [3.8, 4) is 0 Å². The molecule has 1 saturated heterocycles. The summed E-state index contributed by atoms with van der Waals surface area (Å²) in [6.07, 6.45) is 2.21. The Hall–Kier alpha value is -0.520. The van der Waals surface area contributed by atoms with Crippen LogP contribution in [-0.4, -0.2) is 26.3 Å². The summed E-state index contributed by atoms with van der Waals surface area (Å²) in [6.45, 7) is 4.86. The third-order valence-electron chi connectivity index (χ3n) is 3.84. The zero-order valence-corrected chi connectivity index (χ0v) is 13.2. The Bertz CT molecular complexity index is 461. The molecule has 0 aromatic heterocycles. The molecule has 1 heterocycles. The van der Waals surface area contributed by atoms with Gasteiger partial charge in [0.2, 0.25) is 0 Å². The minimum Gasteiger partial charge on any atom is -0.381 e. The van der Waals surface area contributed by atoms with Crippen molar-refractivity contribution in [2.45, 2.75) is 26.2 Å². The Labute approximate surface area is 127 Å². The lowest BCUT2D eigenvalue weighted by atomic mass is 9.77. The van der Waals surface area contributed by atoms with Gasteiger partial charge >= 0.3 is 0 Å². The third-order valence-corrected chi connectivity index (χ3v) is 4.46. The van der Waals surface area contributed by atoms with Crippen molar-refractivity contribution < 1.29 is 13.5 Å². The highest BCUT2D eigenvalue weighted by Crippen LogP contribution is 2.35. The fourth-order valence-corrected chi connectivity index (χ4v) is 3.12. The first-order valence-electron chi connectivity index (χ1n) is 6.99. The number of benzene rings is 1. The monoisotopic (exact) mass is 347 g/mol. The molecule has 0 spiro atoms. The zero-order valence-electron chi connectivity index (χ0n) is 11.6. The highest BCUT2D eigenvalue weighted by Gasteiger charge is 2.34. The number of hydrogen-bond donors (Lipinski definition) is 1. The molecule has 1 aliphatic rings. The summed E-state index contributed by atoms with van der Waals surface area (Å²) in [5.41, 5.74) is -0.0701. The van der Waals surface area contributed by atoms with E-state index in [4.69, 9.17) is 4.74 Å². The molecule has 2 nitrogen and oxygen atoms in total. The molecule has 2 rings (SSSR count). The molecule has 0 bridgehead atoms. The van der Waals surface area contributed by atoms with Crippen LogP contribution in [0.5, 0.6) is 0 Å². The van der Waals surface area contributed by atoms with Crippen molar-refractivity contribution in [3.05, 3.63) is 33.8 Å². The Morgan fingerprint density at radius 1 is 1.40 bits per heavy atom. The molecule has 1 aromatic carbocycles. The number of nitrogens with one attached hydrogen (secondary N) is 1. The summed E-state index contributed by atoms with van der Waals surface area (Å²) in [6, 6.07) is 2.72. The van der Waals surface area contributed by atoms with E-state index in [-0.39, 0.29) is 11.0 Å². The molecule has 0 radical (unpaired) electrons. The van der Waals surface area contributed by atoms with Crippen LogP contribution >= 0.6 is 15.9 Å². The van der Waals surface area contributed by atoms with Crippen LogP contribution in [0.1, 0.15) is 25.3 Å². The summed E-state index contributed by atoms with van der Waals surface area (Å²) in [5.74, 6) is -0.974. The summed E-state index contributed by atoms with van der Waals surface area (Å²) in [7, 11) is 0. The summed E-state index contributed by atoms with van der Waals surface area (Å²) in [5, 5.41) is 3.30. The lowest BCUT2D eigenvalue weighted by Crippen LogP contribution is -2.43. The second-order valence-corrected chi connectivity index (χ2v) is 6.29. The molecule has 0 saturated carbocycles. The van der Waals surface area contributed by atoms with E-state index in [0.29, 0.717) is 17.5 Å². The second-order valence-electron chi connectivity index (χ2n) is 5.43. The lowest BCUT2D eigenvalue weighted by Gasteiger charge is -2.37. The van der Waals surface area contributed by atoms with Crippen LogP contribution in [0.15, 0.2) is 16.6 Å². The Morgan fingerprint density at radius 2 is 2.20 bits per heavy atom. The largest absolute Gasteiger partial charge is 0.381 e. The molecule has 0 aliphatic carbocycles. The predicted octanol–water partition coefficient (Wildman–Crippen LogP) is 3.68. The molecule has 0 amide bonds. The average Bonchev–Trinajstić information content (AvgIpc) is 2.47. The van der Waals surface area contributed by atoms with E-state index < -0.39 is 11.6 Å². The van der Waals surface area contributed by atoms with Gasteiger partial charge in [0.05, 0.1) is 11.1 Å². The van der Waals surface area contributed by atoms with Gasteiger partial charge in [0, 0.05) is 24.1 Å². The van der Waals surface area contributed by atoms with E-state index in [1.54, 1.807) is 0 Å². The van der Waals surface area contributed by atoms with E-state index in [9.17, 15) is 8.78 Å². The van der Waals surface area contributed by atoms with Crippen molar-refractivity contribution in [2.24, 2.45) is 5.41 Å². The summed E-state index contributed by atoms with van der Waals surface area (Å²) in [4.78, 5) is 0. The van der Waals surface area contributed by atoms with Crippen molar-refractivity contribution in [1.82, 2.24) is 5.32 Å². The molecule has 5 heteroatoms. The normalized spacial score (nSPS) is 23.0. The summed E-state index contributed by atoms with van der Waals surface area (Å²) < 4.78 is 34.0. The molecular weight excluding hydrogens is 328 g/mol. The highest BCUT2D eigenvalue weighted by atomic mass is 79.9. The van der Waals surface area contributed by atoms with Crippen LogP contribution in [0, 0.1) is 17.0 Å². The van der Waals surface area contributed by atoms with Crippen LogP contribution in [0.3, 0.4) is 0 Å². The molecule has 112 valence electrons. The minimum absolute atomic E-state index is 0.155. The molecule has 1 aromatic rings. The maximum Gasteiger partial charge on any atom is 0.143 e. The van der Waals surface area contributed by atoms with Gasteiger partial charge < -0.3 is 10.1 Å². The van der Waals surface area contributed by atoms with Crippen LogP contribution in [0.25, 0.3) is 0 Å². The fraction of sp³-hybridized carbons (Fsp3) is 0.600. The predicted molar refractivity (Wildman–Crippen MR) is 78.8 cm³/mol. The van der Waals surface area contributed by atoms with Crippen LogP contribution in [-0.2, 0) is 11.2 Å². The first-order chi connectivity index (χ1) is 9.58. The van der Waals surface area contributed by atoms with E-state index in [1.807, 2.05) is 6.92 Å². The van der Waals surface area contributed by atoms with Gasteiger partial charge in [0.25, 0.3) is 0 Å². The standard InChI is InChI=1S/C15H20BrF2NO/c1-2-19-9-15(6-3-7-20-10-15)8-11-13(17)5-4-12(16)14(11)18/h4-5,19H,2-3,6-10H2,1H3. The SMILES string of the molecule is CCNCC1(Cc2c(F)ccc(Br)c2F)CCCOC1. The Morgan fingerprint density at radius 3 is 2.85 bits per heavy atom.